The lowest BCUT2D eigenvalue weighted by atomic mass is 9.85. The van der Waals surface area contributed by atoms with Crippen LogP contribution < -0.4 is 4.74 Å². The Morgan fingerprint density at radius 3 is 2.48 bits per heavy atom. The number of aryl methyl sites for hydroxylation is 1. The minimum atomic E-state index is 0.0520. The molecule has 0 radical (unpaired) electrons. The van der Waals surface area contributed by atoms with Gasteiger partial charge in [-0.1, -0.05) is 51.4 Å². The van der Waals surface area contributed by atoms with Crippen LogP contribution in [0.4, 0.5) is 0 Å². The van der Waals surface area contributed by atoms with Gasteiger partial charge in [-0.2, -0.15) is 0 Å². The van der Waals surface area contributed by atoms with Crippen molar-refractivity contribution in [2.75, 3.05) is 0 Å². The number of rotatable bonds is 4. The van der Waals surface area contributed by atoms with Crippen LogP contribution in [0.2, 0.25) is 5.15 Å². The van der Waals surface area contributed by atoms with Crippen molar-refractivity contribution in [3.05, 3.63) is 58.4 Å². The zero-order valence-electron chi connectivity index (χ0n) is 13.1. The van der Waals surface area contributed by atoms with Crippen LogP contribution in [0.15, 0.2) is 36.5 Å². The number of benzene rings is 1. The third kappa shape index (κ3) is 4.21. The zero-order valence-corrected chi connectivity index (χ0v) is 13.9. The summed E-state index contributed by atoms with van der Waals surface area (Å²) in [5.74, 6) is 0.938. The Morgan fingerprint density at radius 2 is 1.86 bits per heavy atom. The fourth-order valence-electron chi connectivity index (χ4n) is 2.20. The molecule has 21 heavy (non-hydrogen) atoms. The Balaban J connectivity index is 2.23. The summed E-state index contributed by atoms with van der Waals surface area (Å²) in [6.07, 6.45) is 2.73. The fourth-order valence-corrected chi connectivity index (χ4v) is 2.40. The van der Waals surface area contributed by atoms with E-state index in [0.29, 0.717) is 11.8 Å². The summed E-state index contributed by atoms with van der Waals surface area (Å²) < 4.78 is 6.02. The van der Waals surface area contributed by atoms with Crippen LogP contribution in [0.25, 0.3) is 0 Å². The quantitative estimate of drug-likeness (QED) is 0.727. The standard InChI is InChI=1S/C18H22ClNO/c1-5-13-6-7-16(15(10-13)18(2,3)4)21-12-14-8-9-20-17(19)11-14/h6-11H,5,12H2,1-4H3. The Kier molecular flexibility index (Phi) is 4.89. The first-order valence-corrected chi connectivity index (χ1v) is 7.64. The first-order chi connectivity index (χ1) is 9.90. The molecule has 0 spiro atoms. The topological polar surface area (TPSA) is 22.1 Å². The molecule has 0 atom stereocenters. The molecule has 112 valence electrons. The van der Waals surface area contributed by atoms with Gasteiger partial charge in [-0.25, -0.2) is 4.98 Å². The maximum absolute atomic E-state index is 6.02. The maximum Gasteiger partial charge on any atom is 0.129 e. The molecule has 2 aromatic rings. The van der Waals surface area contributed by atoms with Gasteiger partial charge in [-0.15, -0.1) is 0 Å². The molecule has 0 N–H and O–H groups in total. The second kappa shape index (κ2) is 6.48. The van der Waals surface area contributed by atoms with E-state index in [1.165, 1.54) is 11.1 Å². The summed E-state index contributed by atoms with van der Waals surface area (Å²) >= 11 is 5.90. The monoisotopic (exact) mass is 303 g/mol. The van der Waals surface area contributed by atoms with Gasteiger partial charge in [0, 0.05) is 6.20 Å². The third-order valence-corrected chi connectivity index (χ3v) is 3.65. The molecule has 0 saturated carbocycles. The highest BCUT2D eigenvalue weighted by Crippen LogP contribution is 2.33. The Labute approximate surface area is 132 Å². The largest absolute Gasteiger partial charge is 0.489 e. The van der Waals surface area contributed by atoms with E-state index < -0.39 is 0 Å². The summed E-state index contributed by atoms with van der Waals surface area (Å²) in [6.45, 7) is 9.28. The number of pyridine rings is 1. The highest BCUT2D eigenvalue weighted by Gasteiger charge is 2.19. The number of halogens is 1. The lowest BCUT2D eigenvalue weighted by Crippen LogP contribution is -2.14. The van der Waals surface area contributed by atoms with E-state index >= 15 is 0 Å². The summed E-state index contributed by atoms with van der Waals surface area (Å²) in [5.41, 5.74) is 3.65. The average molecular weight is 304 g/mol. The van der Waals surface area contributed by atoms with E-state index in [0.717, 1.165) is 17.7 Å². The molecule has 1 heterocycles. The average Bonchev–Trinajstić information content (AvgIpc) is 2.44. The van der Waals surface area contributed by atoms with Crippen molar-refractivity contribution in [1.29, 1.82) is 0 Å². The van der Waals surface area contributed by atoms with Crippen molar-refractivity contribution in [2.45, 2.75) is 46.1 Å². The molecule has 2 nitrogen and oxygen atoms in total. The molecule has 2 rings (SSSR count). The second-order valence-electron chi connectivity index (χ2n) is 6.21. The SMILES string of the molecule is CCc1ccc(OCc2ccnc(Cl)c2)c(C(C)(C)C)c1. The molecule has 1 aromatic heterocycles. The van der Waals surface area contributed by atoms with Gasteiger partial charge in [0.1, 0.15) is 17.5 Å². The van der Waals surface area contributed by atoms with Crippen molar-refractivity contribution in [2.24, 2.45) is 0 Å². The van der Waals surface area contributed by atoms with Crippen LogP contribution in [-0.4, -0.2) is 4.98 Å². The summed E-state index contributed by atoms with van der Waals surface area (Å²) in [4.78, 5) is 3.98. The van der Waals surface area contributed by atoms with Crippen LogP contribution in [-0.2, 0) is 18.4 Å². The van der Waals surface area contributed by atoms with E-state index in [-0.39, 0.29) is 5.41 Å². The van der Waals surface area contributed by atoms with Crippen molar-refractivity contribution >= 4 is 11.6 Å². The minimum Gasteiger partial charge on any atom is -0.489 e. The highest BCUT2D eigenvalue weighted by molar-refractivity contribution is 6.29. The number of ether oxygens (including phenoxy) is 1. The van der Waals surface area contributed by atoms with E-state index in [9.17, 15) is 0 Å². The number of aromatic nitrogens is 1. The molecular weight excluding hydrogens is 282 g/mol. The van der Waals surface area contributed by atoms with Gasteiger partial charge in [0.05, 0.1) is 0 Å². The third-order valence-electron chi connectivity index (χ3n) is 3.45. The summed E-state index contributed by atoms with van der Waals surface area (Å²) in [7, 11) is 0. The van der Waals surface area contributed by atoms with Crippen LogP contribution in [0.3, 0.4) is 0 Å². The smallest absolute Gasteiger partial charge is 0.129 e. The molecule has 0 amide bonds. The van der Waals surface area contributed by atoms with Crippen LogP contribution >= 0.6 is 11.6 Å². The lowest BCUT2D eigenvalue weighted by molar-refractivity contribution is 0.297. The summed E-state index contributed by atoms with van der Waals surface area (Å²) in [6, 6.07) is 10.2. The zero-order chi connectivity index (χ0) is 15.5. The van der Waals surface area contributed by atoms with Crippen LogP contribution in [0.5, 0.6) is 5.75 Å². The van der Waals surface area contributed by atoms with Crippen molar-refractivity contribution < 1.29 is 4.74 Å². The molecule has 0 aliphatic rings. The Morgan fingerprint density at radius 1 is 1.10 bits per heavy atom. The Hall–Kier alpha value is -1.54. The normalized spacial score (nSPS) is 11.5. The lowest BCUT2D eigenvalue weighted by Gasteiger charge is -2.23. The molecule has 0 aliphatic heterocycles. The van der Waals surface area contributed by atoms with Gasteiger partial charge in [-0.05, 0) is 46.7 Å². The number of hydrogen-bond acceptors (Lipinski definition) is 2. The van der Waals surface area contributed by atoms with E-state index in [4.69, 9.17) is 16.3 Å². The van der Waals surface area contributed by atoms with Crippen molar-refractivity contribution in [1.82, 2.24) is 4.98 Å². The maximum atomic E-state index is 6.02. The van der Waals surface area contributed by atoms with Gasteiger partial charge < -0.3 is 4.74 Å². The van der Waals surface area contributed by atoms with E-state index in [2.05, 4.69) is 50.9 Å². The van der Waals surface area contributed by atoms with Gasteiger partial charge in [0.25, 0.3) is 0 Å². The molecule has 0 saturated heterocycles. The number of nitrogens with zero attached hydrogens (tertiary/aromatic N) is 1. The molecule has 0 unspecified atom stereocenters. The molecule has 0 aliphatic carbocycles. The van der Waals surface area contributed by atoms with E-state index in [1.807, 2.05) is 12.1 Å². The van der Waals surface area contributed by atoms with Gasteiger partial charge in [0.2, 0.25) is 0 Å². The molecule has 0 fully saturated rings. The number of hydrogen-bond donors (Lipinski definition) is 0. The predicted octanol–water partition coefficient (Wildman–Crippen LogP) is 5.17. The van der Waals surface area contributed by atoms with E-state index in [1.54, 1.807) is 6.20 Å². The van der Waals surface area contributed by atoms with Crippen LogP contribution in [0.1, 0.15) is 44.4 Å². The van der Waals surface area contributed by atoms with Gasteiger partial charge >= 0.3 is 0 Å². The van der Waals surface area contributed by atoms with Crippen molar-refractivity contribution in [3.63, 3.8) is 0 Å². The molecule has 3 heteroatoms. The van der Waals surface area contributed by atoms with Crippen LogP contribution in [0, 0.1) is 0 Å². The van der Waals surface area contributed by atoms with Gasteiger partial charge in [-0.3, -0.25) is 0 Å². The first kappa shape index (κ1) is 15.8. The predicted molar refractivity (Wildman–Crippen MR) is 88.1 cm³/mol. The first-order valence-electron chi connectivity index (χ1n) is 7.27. The Bertz CT molecular complexity index is 617. The molecule has 1 aromatic carbocycles. The molecule has 0 bridgehead atoms. The summed E-state index contributed by atoms with van der Waals surface area (Å²) in [5, 5.41) is 0.494. The fraction of sp³-hybridized carbons (Fsp3) is 0.389. The minimum absolute atomic E-state index is 0.0520. The second-order valence-corrected chi connectivity index (χ2v) is 6.60. The molecular formula is C18H22ClNO. The van der Waals surface area contributed by atoms with Gasteiger partial charge in [0.15, 0.2) is 0 Å². The highest BCUT2D eigenvalue weighted by atomic mass is 35.5. The van der Waals surface area contributed by atoms with Crippen molar-refractivity contribution in [3.8, 4) is 5.75 Å².